The second-order valence-electron chi connectivity index (χ2n) is 1.56. The van der Waals surface area contributed by atoms with Crippen molar-refractivity contribution < 1.29 is 19.5 Å². The van der Waals surface area contributed by atoms with Gasteiger partial charge in [0, 0.05) is 30.1 Å². The maximum Gasteiger partial charge on any atom is 0.0449 e. The van der Waals surface area contributed by atoms with Gasteiger partial charge in [-0.05, 0) is 12.1 Å². The Kier molecular flexibility index (Phi) is 3.91. The van der Waals surface area contributed by atoms with Crippen molar-refractivity contribution in [3.63, 3.8) is 0 Å². The molecule has 0 saturated heterocycles. The van der Waals surface area contributed by atoms with E-state index in [4.69, 9.17) is 5.73 Å². The Balaban J connectivity index is 0.000000640. The van der Waals surface area contributed by atoms with E-state index >= 15 is 0 Å². The van der Waals surface area contributed by atoms with Gasteiger partial charge >= 0.3 is 0 Å². The summed E-state index contributed by atoms with van der Waals surface area (Å²) in [5.74, 6) is 0. The number of para-hydroxylation sites is 1. The van der Waals surface area contributed by atoms with Crippen molar-refractivity contribution in [2.75, 3.05) is 5.73 Å². The quantitative estimate of drug-likeness (QED) is 0.362. The molecule has 0 atom stereocenters. The van der Waals surface area contributed by atoms with Crippen LogP contribution < -0.4 is 5.73 Å². The molecule has 0 fully saturated rings. The molecule has 0 radical (unpaired) electrons. The zero-order chi connectivity index (χ0) is 5.98. The standard InChI is InChI=1S/C6H7NS.Zn/c7-5-3-1-2-4-6(5)8;/h1-4,8H,7H2;. The van der Waals surface area contributed by atoms with E-state index in [1.54, 1.807) is 0 Å². The summed E-state index contributed by atoms with van der Waals surface area (Å²) in [6.45, 7) is 0. The Morgan fingerprint density at radius 3 is 2.11 bits per heavy atom. The smallest absolute Gasteiger partial charge is 0.0449 e. The van der Waals surface area contributed by atoms with Gasteiger partial charge < -0.3 is 5.73 Å². The fourth-order valence-corrected chi connectivity index (χ4v) is 0.648. The minimum Gasteiger partial charge on any atom is -0.398 e. The topological polar surface area (TPSA) is 26.0 Å². The fraction of sp³-hybridized carbons (Fsp3) is 0. The minimum atomic E-state index is 0. The van der Waals surface area contributed by atoms with E-state index in [9.17, 15) is 0 Å². The third kappa shape index (κ3) is 2.38. The molecule has 0 heterocycles. The Morgan fingerprint density at radius 2 is 1.78 bits per heavy atom. The molecule has 1 aromatic rings. The third-order valence-electron chi connectivity index (χ3n) is 0.937. The first-order chi connectivity index (χ1) is 3.80. The summed E-state index contributed by atoms with van der Waals surface area (Å²) >= 11 is 4.07. The summed E-state index contributed by atoms with van der Waals surface area (Å²) in [6, 6.07) is 7.47. The van der Waals surface area contributed by atoms with Crippen molar-refractivity contribution >= 4 is 18.3 Å². The van der Waals surface area contributed by atoms with Crippen LogP contribution >= 0.6 is 12.6 Å². The van der Waals surface area contributed by atoms with Crippen LogP contribution in [0.15, 0.2) is 29.2 Å². The molecule has 0 aliphatic heterocycles. The van der Waals surface area contributed by atoms with Crippen LogP contribution in [-0.4, -0.2) is 0 Å². The number of hydrogen-bond acceptors (Lipinski definition) is 2. The summed E-state index contributed by atoms with van der Waals surface area (Å²) in [6.07, 6.45) is 0. The van der Waals surface area contributed by atoms with Gasteiger partial charge in [-0.15, -0.1) is 12.6 Å². The van der Waals surface area contributed by atoms with Crippen molar-refractivity contribution in [1.29, 1.82) is 0 Å². The summed E-state index contributed by atoms with van der Waals surface area (Å²) in [5, 5.41) is 0. The summed E-state index contributed by atoms with van der Waals surface area (Å²) < 4.78 is 0. The van der Waals surface area contributed by atoms with Gasteiger partial charge in [0.1, 0.15) is 0 Å². The number of benzene rings is 1. The Labute approximate surface area is 72.8 Å². The first-order valence-electron chi connectivity index (χ1n) is 2.34. The van der Waals surface area contributed by atoms with Crippen LogP contribution in [0, 0.1) is 0 Å². The van der Waals surface area contributed by atoms with E-state index in [0.29, 0.717) is 0 Å². The van der Waals surface area contributed by atoms with Gasteiger partial charge in [0.25, 0.3) is 0 Å². The van der Waals surface area contributed by atoms with Gasteiger partial charge in [-0.25, -0.2) is 0 Å². The summed E-state index contributed by atoms with van der Waals surface area (Å²) in [4.78, 5) is 0.840. The van der Waals surface area contributed by atoms with Crippen LogP contribution in [0.5, 0.6) is 0 Å². The predicted octanol–water partition coefficient (Wildman–Crippen LogP) is 1.55. The van der Waals surface area contributed by atoms with Crippen LogP contribution in [0.25, 0.3) is 0 Å². The normalized spacial score (nSPS) is 8.11. The van der Waals surface area contributed by atoms with E-state index in [-0.39, 0.29) is 19.5 Å². The van der Waals surface area contributed by atoms with Crippen molar-refractivity contribution in [3.05, 3.63) is 24.3 Å². The summed E-state index contributed by atoms with van der Waals surface area (Å²) in [5.41, 5.74) is 6.18. The molecule has 0 aliphatic rings. The molecule has 1 aromatic carbocycles. The molecule has 0 unspecified atom stereocenters. The Hall–Kier alpha value is -0.00662. The summed E-state index contributed by atoms with van der Waals surface area (Å²) in [7, 11) is 0. The van der Waals surface area contributed by atoms with Gasteiger partial charge in [0.15, 0.2) is 0 Å². The second kappa shape index (κ2) is 3.91. The van der Waals surface area contributed by atoms with E-state index < -0.39 is 0 Å². The van der Waals surface area contributed by atoms with Crippen LogP contribution in [0.1, 0.15) is 0 Å². The maximum atomic E-state index is 5.44. The van der Waals surface area contributed by atoms with Crippen molar-refractivity contribution in [2.24, 2.45) is 0 Å². The van der Waals surface area contributed by atoms with E-state index in [1.807, 2.05) is 24.3 Å². The first kappa shape index (κ1) is 8.99. The van der Waals surface area contributed by atoms with E-state index in [1.165, 1.54) is 0 Å². The molecule has 1 rings (SSSR count). The number of rotatable bonds is 0. The van der Waals surface area contributed by atoms with Gasteiger partial charge in [0.05, 0.1) is 0 Å². The fourth-order valence-electron chi connectivity index (χ4n) is 0.488. The Morgan fingerprint density at radius 1 is 1.22 bits per heavy atom. The van der Waals surface area contributed by atoms with Crippen molar-refractivity contribution in [1.82, 2.24) is 0 Å². The average Bonchev–Trinajstić information content (AvgIpc) is 1.77. The maximum absolute atomic E-state index is 5.44. The van der Waals surface area contributed by atoms with Gasteiger partial charge in [-0.1, -0.05) is 12.1 Å². The van der Waals surface area contributed by atoms with Crippen LogP contribution in [0.4, 0.5) is 5.69 Å². The molecule has 1 nitrogen and oxygen atoms in total. The molecule has 44 valence electrons. The van der Waals surface area contributed by atoms with Crippen LogP contribution in [-0.2, 0) is 19.5 Å². The van der Waals surface area contributed by atoms with Crippen LogP contribution in [0.3, 0.4) is 0 Å². The van der Waals surface area contributed by atoms with E-state index in [0.717, 1.165) is 10.6 Å². The molecule has 0 amide bonds. The zero-order valence-corrected chi connectivity index (χ0v) is 8.90. The largest absolute Gasteiger partial charge is 0.398 e. The molecule has 0 aromatic heterocycles. The number of nitrogen functional groups attached to an aromatic ring is 1. The number of anilines is 1. The molecule has 0 spiro atoms. The van der Waals surface area contributed by atoms with Crippen molar-refractivity contribution in [2.45, 2.75) is 4.90 Å². The molecular formula is C6H7NSZn. The minimum absolute atomic E-state index is 0. The molecule has 0 bridgehead atoms. The number of nitrogens with two attached hydrogens (primary N) is 1. The molecule has 2 N–H and O–H groups in total. The van der Waals surface area contributed by atoms with E-state index in [2.05, 4.69) is 12.6 Å². The SMILES string of the molecule is Nc1ccccc1S.[Zn]. The monoisotopic (exact) mass is 189 g/mol. The molecule has 3 heteroatoms. The predicted molar refractivity (Wildman–Crippen MR) is 38.1 cm³/mol. The Bertz CT molecular complexity index is 169. The molecule has 0 aliphatic carbocycles. The van der Waals surface area contributed by atoms with Crippen LogP contribution in [0.2, 0.25) is 0 Å². The van der Waals surface area contributed by atoms with Crippen molar-refractivity contribution in [3.8, 4) is 0 Å². The average molecular weight is 191 g/mol. The van der Waals surface area contributed by atoms with Gasteiger partial charge in [-0.2, -0.15) is 0 Å². The van der Waals surface area contributed by atoms with Gasteiger partial charge in [0.2, 0.25) is 0 Å². The van der Waals surface area contributed by atoms with Gasteiger partial charge in [-0.3, -0.25) is 0 Å². The third-order valence-corrected chi connectivity index (χ3v) is 1.34. The number of hydrogen-bond donors (Lipinski definition) is 2. The second-order valence-corrected chi connectivity index (χ2v) is 2.04. The molecule has 9 heavy (non-hydrogen) atoms. The number of thiol groups is 1. The first-order valence-corrected chi connectivity index (χ1v) is 2.79. The zero-order valence-electron chi connectivity index (χ0n) is 5.04. The molecular weight excluding hydrogens is 184 g/mol. The molecule has 0 saturated carbocycles.